The van der Waals surface area contributed by atoms with Gasteiger partial charge in [0.15, 0.2) is 0 Å². The van der Waals surface area contributed by atoms with Crippen molar-refractivity contribution in [3.8, 4) is 17.0 Å². The van der Waals surface area contributed by atoms with E-state index in [9.17, 15) is 9.59 Å². The molecule has 6 heteroatoms. The number of amides is 2. The fraction of sp³-hybridized carbons (Fsp3) is 0.179. The second kappa shape index (κ2) is 8.98. The summed E-state index contributed by atoms with van der Waals surface area (Å²) in [5, 5.41) is 6.75. The highest BCUT2D eigenvalue weighted by atomic mass is 16.5. The highest BCUT2D eigenvalue weighted by Gasteiger charge is 2.29. The fourth-order valence-electron chi connectivity index (χ4n) is 3.89. The molecule has 1 heterocycles. The molecule has 34 heavy (non-hydrogen) atoms. The third kappa shape index (κ3) is 4.48. The van der Waals surface area contributed by atoms with E-state index in [1.165, 1.54) is 0 Å². The zero-order valence-corrected chi connectivity index (χ0v) is 19.1. The lowest BCUT2D eigenvalue weighted by Gasteiger charge is -2.14. The van der Waals surface area contributed by atoms with Crippen LogP contribution in [0.5, 0.6) is 5.75 Å². The van der Waals surface area contributed by atoms with Crippen LogP contribution in [0.4, 0.5) is 11.4 Å². The minimum absolute atomic E-state index is 0.0328. The second-order valence-corrected chi connectivity index (χ2v) is 8.55. The molecule has 0 spiro atoms. The molecule has 1 aromatic heterocycles. The molecule has 3 aromatic carbocycles. The summed E-state index contributed by atoms with van der Waals surface area (Å²) in [5.41, 5.74) is 5.11. The molecule has 4 aromatic rings. The third-order valence-electron chi connectivity index (χ3n) is 6.05. The average molecular weight is 452 g/mol. The Hall–Kier alpha value is -4.19. The summed E-state index contributed by atoms with van der Waals surface area (Å²) in [7, 11) is 1.63. The van der Waals surface area contributed by atoms with Gasteiger partial charge in [0.25, 0.3) is 5.91 Å². The van der Waals surface area contributed by atoms with Crippen molar-refractivity contribution in [3.05, 3.63) is 83.9 Å². The van der Waals surface area contributed by atoms with E-state index in [0.717, 1.165) is 40.6 Å². The van der Waals surface area contributed by atoms with Gasteiger partial charge in [0, 0.05) is 28.2 Å². The van der Waals surface area contributed by atoms with E-state index in [2.05, 4.69) is 10.6 Å². The van der Waals surface area contributed by atoms with Crippen LogP contribution in [-0.2, 0) is 4.79 Å². The van der Waals surface area contributed by atoms with Crippen LogP contribution < -0.4 is 15.4 Å². The van der Waals surface area contributed by atoms with Crippen LogP contribution >= 0.6 is 0 Å². The zero-order valence-electron chi connectivity index (χ0n) is 19.1. The third-order valence-corrected chi connectivity index (χ3v) is 6.05. The summed E-state index contributed by atoms with van der Waals surface area (Å²) in [6.07, 6.45) is 1.87. The van der Waals surface area contributed by atoms with Gasteiger partial charge in [0.2, 0.25) is 5.91 Å². The van der Waals surface area contributed by atoms with Crippen LogP contribution in [0.2, 0.25) is 0 Å². The Labute approximate surface area is 198 Å². The van der Waals surface area contributed by atoms with Crippen molar-refractivity contribution in [2.45, 2.75) is 19.8 Å². The minimum atomic E-state index is -0.234. The molecule has 0 unspecified atom stereocenters. The van der Waals surface area contributed by atoms with Gasteiger partial charge in [-0.1, -0.05) is 24.3 Å². The topological polar surface area (TPSA) is 80.3 Å². The maximum atomic E-state index is 13.5. The maximum absolute atomic E-state index is 13.5. The number of carbonyl (C=O) groups is 2. The van der Waals surface area contributed by atoms with Crippen molar-refractivity contribution >= 4 is 34.1 Å². The molecular weight excluding hydrogens is 426 g/mol. The standard InChI is InChI=1S/C28H25N3O3/c1-17-7-12-20(29-27(32)19-8-9-19)15-25(17)31-28(33)23-16-26(18-10-13-21(34-2)14-11-18)30-24-6-4-3-5-22(23)24/h3-7,10-16,19H,8-9H2,1-2H3,(H,29,32)(H,31,33). The Balaban J connectivity index is 1.48. The second-order valence-electron chi connectivity index (χ2n) is 8.55. The summed E-state index contributed by atoms with van der Waals surface area (Å²) >= 11 is 0. The van der Waals surface area contributed by atoms with Crippen LogP contribution in [0.15, 0.2) is 72.8 Å². The number of pyridine rings is 1. The molecule has 2 amide bonds. The summed E-state index contributed by atoms with van der Waals surface area (Å²) in [4.78, 5) is 30.4. The zero-order chi connectivity index (χ0) is 23.7. The number of hydrogen-bond acceptors (Lipinski definition) is 4. The lowest BCUT2D eigenvalue weighted by molar-refractivity contribution is -0.117. The predicted molar refractivity (Wildman–Crippen MR) is 134 cm³/mol. The first-order valence-corrected chi connectivity index (χ1v) is 11.3. The van der Waals surface area contributed by atoms with E-state index in [0.29, 0.717) is 22.6 Å². The number of hydrogen-bond donors (Lipinski definition) is 2. The van der Waals surface area contributed by atoms with E-state index < -0.39 is 0 Å². The Morgan fingerprint density at radius 1 is 0.941 bits per heavy atom. The van der Waals surface area contributed by atoms with Gasteiger partial charge in [-0.25, -0.2) is 4.98 Å². The number of nitrogens with zero attached hydrogens (tertiary/aromatic N) is 1. The molecule has 0 atom stereocenters. The van der Waals surface area contributed by atoms with E-state index in [1.54, 1.807) is 13.2 Å². The van der Waals surface area contributed by atoms with E-state index in [4.69, 9.17) is 9.72 Å². The predicted octanol–water partition coefficient (Wildman–Crippen LogP) is 5.82. The minimum Gasteiger partial charge on any atom is -0.497 e. The van der Waals surface area contributed by atoms with E-state index in [1.807, 2.05) is 73.7 Å². The van der Waals surface area contributed by atoms with Gasteiger partial charge in [-0.3, -0.25) is 9.59 Å². The molecule has 0 saturated heterocycles. The van der Waals surface area contributed by atoms with Gasteiger partial charge in [0.1, 0.15) is 5.75 Å². The Morgan fingerprint density at radius 2 is 1.71 bits per heavy atom. The molecule has 170 valence electrons. The summed E-state index contributed by atoms with van der Waals surface area (Å²) in [5.74, 6) is 0.665. The van der Waals surface area contributed by atoms with Crippen molar-refractivity contribution in [2.75, 3.05) is 17.7 Å². The number of benzene rings is 3. The number of carbonyl (C=O) groups excluding carboxylic acids is 2. The first kappa shape index (κ1) is 21.6. The molecular formula is C28H25N3O3. The summed E-state index contributed by atoms with van der Waals surface area (Å²) in [6.45, 7) is 1.93. The van der Waals surface area contributed by atoms with Crippen molar-refractivity contribution in [2.24, 2.45) is 5.92 Å². The normalized spacial score (nSPS) is 12.9. The molecule has 0 radical (unpaired) electrons. The first-order valence-electron chi connectivity index (χ1n) is 11.3. The molecule has 0 bridgehead atoms. The smallest absolute Gasteiger partial charge is 0.256 e. The van der Waals surface area contributed by atoms with Gasteiger partial charge in [0.05, 0.1) is 23.9 Å². The number of nitrogens with one attached hydrogen (secondary N) is 2. The van der Waals surface area contributed by atoms with E-state index in [-0.39, 0.29) is 17.7 Å². The number of aromatic nitrogens is 1. The van der Waals surface area contributed by atoms with Crippen LogP contribution in [0, 0.1) is 12.8 Å². The van der Waals surface area contributed by atoms with Gasteiger partial charge >= 0.3 is 0 Å². The molecule has 1 aliphatic carbocycles. The number of aryl methyl sites for hydroxylation is 1. The molecule has 1 saturated carbocycles. The van der Waals surface area contributed by atoms with Crippen molar-refractivity contribution in [1.29, 1.82) is 0 Å². The number of rotatable bonds is 6. The molecule has 2 N–H and O–H groups in total. The van der Waals surface area contributed by atoms with Crippen LogP contribution in [0.3, 0.4) is 0 Å². The molecule has 1 fully saturated rings. The van der Waals surface area contributed by atoms with Gasteiger partial charge < -0.3 is 15.4 Å². The number of para-hydroxylation sites is 1. The number of anilines is 2. The van der Waals surface area contributed by atoms with Crippen molar-refractivity contribution < 1.29 is 14.3 Å². The monoisotopic (exact) mass is 451 g/mol. The fourth-order valence-corrected chi connectivity index (χ4v) is 3.89. The quantitative estimate of drug-likeness (QED) is 0.387. The lowest BCUT2D eigenvalue weighted by atomic mass is 10.0. The summed E-state index contributed by atoms with van der Waals surface area (Å²) in [6, 6.07) is 22.6. The Kier molecular flexibility index (Phi) is 5.72. The number of fused-ring (bicyclic) bond motifs is 1. The maximum Gasteiger partial charge on any atom is 0.256 e. The highest BCUT2D eigenvalue weighted by molar-refractivity contribution is 6.13. The molecule has 0 aliphatic heterocycles. The first-order chi connectivity index (χ1) is 16.5. The SMILES string of the molecule is COc1ccc(-c2cc(C(=O)Nc3cc(NC(=O)C4CC4)ccc3C)c3ccccc3n2)cc1. The Morgan fingerprint density at radius 3 is 2.44 bits per heavy atom. The van der Waals surface area contributed by atoms with Crippen LogP contribution in [0.1, 0.15) is 28.8 Å². The molecule has 5 rings (SSSR count). The highest BCUT2D eigenvalue weighted by Crippen LogP contribution is 2.31. The average Bonchev–Trinajstić information content (AvgIpc) is 3.71. The van der Waals surface area contributed by atoms with Crippen LogP contribution in [-0.4, -0.2) is 23.9 Å². The molecule has 6 nitrogen and oxygen atoms in total. The number of ether oxygens (including phenoxy) is 1. The van der Waals surface area contributed by atoms with Gasteiger partial charge in [-0.05, 0) is 73.9 Å². The largest absolute Gasteiger partial charge is 0.497 e. The van der Waals surface area contributed by atoms with Crippen molar-refractivity contribution in [3.63, 3.8) is 0 Å². The molecule has 1 aliphatic rings. The lowest BCUT2D eigenvalue weighted by Crippen LogP contribution is -2.16. The van der Waals surface area contributed by atoms with Crippen molar-refractivity contribution in [1.82, 2.24) is 4.98 Å². The van der Waals surface area contributed by atoms with Gasteiger partial charge in [-0.2, -0.15) is 0 Å². The summed E-state index contributed by atoms with van der Waals surface area (Å²) < 4.78 is 5.25. The number of methoxy groups -OCH3 is 1. The van der Waals surface area contributed by atoms with Gasteiger partial charge in [-0.15, -0.1) is 0 Å². The van der Waals surface area contributed by atoms with Crippen LogP contribution in [0.25, 0.3) is 22.2 Å². The Bertz CT molecular complexity index is 1390. The van der Waals surface area contributed by atoms with E-state index >= 15 is 0 Å².